The zero-order chi connectivity index (χ0) is 22.4. The number of aliphatic hydroxyl groups excluding tert-OH is 2. The third kappa shape index (κ3) is 5.91. The Bertz CT molecular complexity index is 876. The zero-order valence-corrected chi connectivity index (χ0v) is 16.6. The van der Waals surface area contributed by atoms with Gasteiger partial charge in [0.25, 0.3) is 0 Å². The van der Waals surface area contributed by atoms with Crippen LogP contribution in [0.25, 0.3) is 6.08 Å². The summed E-state index contributed by atoms with van der Waals surface area (Å²) in [4.78, 5) is 35.5. The monoisotopic (exact) mass is 419 g/mol. The number of esters is 1. The number of benzene rings is 1. The second-order valence-electron chi connectivity index (χ2n) is 7.09. The molecule has 1 aliphatic rings. The number of nitrogens with one attached hydrogen (secondary N) is 1. The Kier molecular flexibility index (Phi) is 7.73. The number of cyclic esters (lactones) is 1. The van der Waals surface area contributed by atoms with Gasteiger partial charge in [-0.25, -0.2) is 4.79 Å². The number of ether oxygens (including phenoxy) is 1. The fourth-order valence-corrected chi connectivity index (χ4v) is 2.77. The average Bonchev–Trinajstić information content (AvgIpc) is 2.68. The van der Waals surface area contributed by atoms with Gasteiger partial charge in [0.2, 0.25) is 0 Å². The van der Waals surface area contributed by atoms with E-state index in [1.54, 1.807) is 13.8 Å². The zero-order valence-electron chi connectivity index (χ0n) is 16.6. The molecule has 9 nitrogen and oxygen atoms in total. The summed E-state index contributed by atoms with van der Waals surface area (Å²) in [6.45, 7) is 2.92. The number of rotatable bonds is 3. The molecule has 9 heteroatoms. The van der Waals surface area contributed by atoms with E-state index in [0.29, 0.717) is 0 Å². The number of aromatic hydroxyl groups is 1. The molecular formula is C21H25NO8. The highest BCUT2D eigenvalue weighted by Crippen LogP contribution is 2.29. The van der Waals surface area contributed by atoms with E-state index >= 15 is 0 Å². The van der Waals surface area contributed by atoms with Gasteiger partial charge in [0.05, 0.1) is 6.10 Å². The lowest BCUT2D eigenvalue weighted by molar-refractivity contribution is -0.135. The number of aliphatic hydroxyl groups is 2. The fourth-order valence-electron chi connectivity index (χ4n) is 2.77. The number of carboxylic acid groups (broad SMARTS) is 1. The van der Waals surface area contributed by atoms with E-state index in [-0.39, 0.29) is 29.2 Å². The van der Waals surface area contributed by atoms with E-state index < -0.39 is 48.3 Å². The van der Waals surface area contributed by atoms with Gasteiger partial charge in [-0.05, 0) is 31.1 Å². The van der Waals surface area contributed by atoms with Crippen LogP contribution in [0.3, 0.4) is 0 Å². The lowest BCUT2D eigenvalue weighted by atomic mass is 9.99. The second-order valence-corrected chi connectivity index (χ2v) is 7.09. The Morgan fingerprint density at radius 3 is 2.57 bits per heavy atom. The van der Waals surface area contributed by atoms with Gasteiger partial charge in [0, 0.05) is 17.7 Å². The molecule has 1 aromatic rings. The Morgan fingerprint density at radius 2 is 1.90 bits per heavy atom. The predicted octanol–water partition coefficient (Wildman–Crippen LogP) is 1.33. The lowest BCUT2D eigenvalue weighted by Gasteiger charge is -2.20. The molecule has 0 unspecified atom stereocenters. The lowest BCUT2D eigenvalue weighted by Crippen LogP contribution is -2.32. The van der Waals surface area contributed by atoms with Crippen molar-refractivity contribution in [1.82, 2.24) is 0 Å². The number of hydrogen-bond acceptors (Lipinski definition) is 8. The van der Waals surface area contributed by atoms with E-state index in [4.69, 9.17) is 9.84 Å². The van der Waals surface area contributed by atoms with Crippen molar-refractivity contribution < 1.29 is 39.5 Å². The van der Waals surface area contributed by atoms with Crippen LogP contribution in [-0.2, 0) is 14.3 Å². The average molecular weight is 419 g/mol. The van der Waals surface area contributed by atoms with E-state index in [2.05, 4.69) is 5.32 Å². The van der Waals surface area contributed by atoms with Crippen LogP contribution in [0.4, 0.5) is 5.69 Å². The molecule has 0 saturated carbocycles. The molecule has 0 radical (unpaired) electrons. The molecule has 0 saturated heterocycles. The minimum Gasteiger partial charge on any atom is -0.507 e. The molecule has 4 atom stereocenters. The number of fused-ring (bicyclic) bond motifs is 1. The molecule has 2 rings (SSSR count). The number of carbonyl (C=O) groups is 3. The van der Waals surface area contributed by atoms with Gasteiger partial charge in [0.1, 0.15) is 30.1 Å². The number of hydrogen-bond donors (Lipinski definition) is 5. The van der Waals surface area contributed by atoms with Crippen LogP contribution in [-0.4, -0.2) is 63.0 Å². The van der Waals surface area contributed by atoms with Gasteiger partial charge in [-0.1, -0.05) is 25.2 Å². The summed E-state index contributed by atoms with van der Waals surface area (Å²) in [6.07, 6.45) is 1.71. The first-order valence-corrected chi connectivity index (χ1v) is 9.38. The largest absolute Gasteiger partial charge is 0.507 e. The van der Waals surface area contributed by atoms with Crippen molar-refractivity contribution in [2.75, 3.05) is 11.9 Å². The van der Waals surface area contributed by atoms with Gasteiger partial charge >= 0.3 is 11.9 Å². The van der Waals surface area contributed by atoms with Crippen molar-refractivity contribution >= 4 is 29.5 Å². The predicted molar refractivity (Wildman–Crippen MR) is 108 cm³/mol. The van der Waals surface area contributed by atoms with Crippen LogP contribution >= 0.6 is 0 Å². The summed E-state index contributed by atoms with van der Waals surface area (Å²) < 4.78 is 5.41. The first kappa shape index (κ1) is 23.1. The van der Waals surface area contributed by atoms with Crippen molar-refractivity contribution in [2.45, 2.75) is 38.6 Å². The second kappa shape index (κ2) is 10.0. The quantitative estimate of drug-likeness (QED) is 0.457. The van der Waals surface area contributed by atoms with Gasteiger partial charge in [-0.15, -0.1) is 0 Å². The van der Waals surface area contributed by atoms with Crippen molar-refractivity contribution in [3.8, 4) is 5.75 Å². The molecular weight excluding hydrogens is 394 g/mol. The van der Waals surface area contributed by atoms with Crippen molar-refractivity contribution in [1.29, 1.82) is 0 Å². The Morgan fingerprint density at radius 1 is 1.20 bits per heavy atom. The minimum atomic E-state index is -1.62. The van der Waals surface area contributed by atoms with Crippen molar-refractivity contribution in [3.63, 3.8) is 0 Å². The highest BCUT2D eigenvalue weighted by Gasteiger charge is 2.25. The molecule has 0 aromatic heterocycles. The third-order valence-corrected chi connectivity index (χ3v) is 4.72. The molecule has 0 fully saturated rings. The van der Waals surface area contributed by atoms with Crippen molar-refractivity contribution in [2.24, 2.45) is 5.92 Å². The van der Waals surface area contributed by atoms with Crippen LogP contribution < -0.4 is 5.32 Å². The maximum Gasteiger partial charge on any atom is 0.342 e. The number of anilines is 1. The number of ketones is 1. The minimum absolute atomic E-state index is 0.102. The van der Waals surface area contributed by atoms with Crippen LogP contribution in [0.1, 0.15) is 36.2 Å². The molecule has 30 heavy (non-hydrogen) atoms. The first-order chi connectivity index (χ1) is 14.1. The highest BCUT2D eigenvalue weighted by molar-refractivity contribution is 5.98. The molecule has 1 aromatic carbocycles. The number of carboxylic acids is 1. The summed E-state index contributed by atoms with van der Waals surface area (Å²) in [7, 11) is 0. The van der Waals surface area contributed by atoms with Crippen LogP contribution in [0.15, 0.2) is 30.4 Å². The maximum absolute atomic E-state index is 12.7. The van der Waals surface area contributed by atoms with Crippen LogP contribution in [0.5, 0.6) is 5.75 Å². The number of phenolic OH excluding ortho intramolecular Hbond substituents is 1. The molecule has 0 bridgehead atoms. The fraction of sp³-hybridized carbons (Fsp3) is 0.381. The van der Waals surface area contributed by atoms with Crippen molar-refractivity contribution in [3.05, 3.63) is 41.5 Å². The summed E-state index contributed by atoms with van der Waals surface area (Å²) in [5.74, 6) is -3.37. The van der Waals surface area contributed by atoms with Gasteiger partial charge in [0.15, 0.2) is 5.78 Å². The summed E-state index contributed by atoms with van der Waals surface area (Å²) in [6, 6.07) is 2.66. The SMILES string of the molecule is C[C@@H]1/C=C/C(=O)[C@H](O)[C@@H](O)C/C=C/c2cc(NCC(=O)O)cc(O)c2C(=O)O[C@H]1C. The standard InChI is InChI=1S/C21H25NO8/c1-11-6-7-16(24)20(28)15(23)5-3-4-13-8-14(22-10-18(26)27)9-17(25)19(13)21(29)30-12(11)2/h3-4,6-9,11-12,15,20,22-23,25,28H,5,10H2,1-2H3,(H,26,27)/b4-3+,7-6+/t11-,12+,15+,20-/m1/s1. The number of aliphatic carboxylic acids is 1. The summed E-state index contributed by atoms with van der Waals surface area (Å²) in [5, 5.41) is 41.8. The van der Waals surface area contributed by atoms with E-state index in [1.165, 1.54) is 30.4 Å². The molecule has 0 amide bonds. The Balaban J connectivity index is 2.48. The molecule has 0 aliphatic carbocycles. The normalized spacial score (nSPS) is 27.3. The van der Waals surface area contributed by atoms with Gasteiger partial charge < -0.3 is 30.5 Å². The number of carbonyl (C=O) groups excluding carboxylic acids is 2. The van der Waals surface area contributed by atoms with Gasteiger partial charge in [-0.2, -0.15) is 0 Å². The highest BCUT2D eigenvalue weighted by atomic mass is 16.5. The summed E-state index contributed by atoms with van der Waals surface area (Å²) >= 11 is 0. The Hall–Kier alpha value is -3.17. The maximum atomic E-state index is 12.7. The molecule has 1 aliphatic heterocycles. The van der Waals surface area contributed by atoms with E-state index in [9.17, 15) is 29.7 Å². The topological polar surface area (TPSA) is 153 Å². The Labute approximate surface area is 173 Å². The molecule has 0 spiro atoms. The van der Waals surface area contributed by atoms with Crippen LogP contribution in [0, 0.1) is 5.92 Å². The van der Waals surface area contributed by atoms with Crippen LogP contribution in [0.2, 0.25) is 0 Å². The van der Waals surface area contributed by atoms with E-state index in [1.807, 2.05) is 0 Å². The molecule has 1 heterocycles. The van der Waals surface area contributed by atoms with E-state index in [0.717, 1.165) is 6.08 Å². The number of phenols is 1. The molecule has 5 N–H and O–H groups in total. The summed E-state index contributed by atoms with van der Waals surface area (Å²) in [5.41, 5.74) is 0.346. The smallest absolute Gasteiger partial charge is 0.342 e. The molecule has 162 valence electrons. The first-order valence-electron chi connectivity index (χ1n) is 9.38. The van der Waals surface area contributed by atoms with Gasteiger partial charge in [-0.3, -0.25) is 9.59 Å². The third-order valence-electron chi connectivity index (χ3n) is 4.72.